The number of nitrogens with zero attached hydrogens (tertiary/aromatic N) is 1. The van der Waals surface area contributed by atoms with Crippen molar-refractivity contribution in [1.82, 2.24) is 0 Å². The zero-order valence-corrected chi connectivity index (χ0v) is 18.7. The fourth-order valence-corrected chi connectivity index (χ4v) is 4.76. The largest absolute Gasteiger partial charge is 0.441 e. The van der Waals surface area contributed by atoms with Crippen molar-refractivity contribution in [3.8, 4) is 0 Å². The van der Waals surface area contributed by atoms with E-state index in [2.05, 4.69) is 5.32 Å². The van der Waals surface area contributed by atoms with Gasteiger partial charge in [0.05, 0.1) is 18.0 Å². The average Bonchev–Trinajstić information content (AvgIpc) is 3.16. The molecule has 2 fully saturated rings. The molecule has 0 aliphatic carbocycles. The lowest BCUT2D eigenvalue weighted by molar-refractivity contribution is -0.451. The number of ether oxygens (including phenoxy) is 5. The Labute approximate surface area is 184 Å². The summed E-state index contributed by atoms with van der Waals surface area (Å²) in [6, 6.07) is 5.47. The van der Waals surface area contributed by atoms with Gasteiger partial charge in [-0.3, -0.25) is 9.69 Å². The smallest absolute Gasteiger partial charge is 0.414 e. The van der Waals surface area contributed by atoms with Crippen molar-refractivity contribution in [3.63, 3.8) is 0 Å². The van der Waals surface area contributed by atoms with Gasteiger partial charge in [-0.25, -0.2) is 4.79 Å². The minimum atomic E-state index is -1.24. The van der Waals surface area contributed by atoms with E-state index in [1.807, 2.05) is 12.1 Å². The van der Waals surface area contributed by atoms with E-state index in [9.17, 15) is 9.59 Å². The van der Waals surface area contributed by atoms with Crippen LogP contribution < -0.4 is 16.0 Å². The minimum Gasteiger partial charge on any atom is -0.441 e. The number of methoxy groups -OCH3 is 2. The quantitative estimate of drug-likeness (QED) is 0.683. The second-order valence-corrected chi connectivity index (χ2v) is 8.84. The Morgan fingerprint density at radius 1 is 1.23 bits per heavy atom. The molecule has 4 rings (SSSR count). The molecule has 1 unspecified atom stereocenters. The van der Waals surface area contributed by atoms with Gasteiger partial charge < -0.3 is 34.7 Å². The highest BCUT2D eigenvalue weighted by atomic mass is 32.2. The first-order valence-electron chi connectivity index (χ1n) is 9.94. The van der Waals surface area contributed by atoms with Gasteiger partial charge in [0.15, 0.2) is 6.10 Å². The van der Waals surface area contributed by atoms with Crippen molar-refractivity contribution in [3.05, 3.63) is 18.2 Å². The maximum Gasteiger partial charge on any atom is 0.414 e. The third-order valence-electron chi connectivity index (χ3n) is 6.05. The van der Waals surface area contributed by atoms with Crippen LogP contribution in [0.5, 0.6) is 0 Å². The van der Waals surface area contributed by atoms with Crippen molar-refractivity contribution in [2.45, 2.75) is 48.6 Å². The molecule has 0 aromatic heterocycles. The number of carbonyl (C=O) groups is 2. The first-order chi connectivity index (χ1) is 14.7. The highest BCUT2D eigenvalue weighted by molar-refractivity contribution is 8.00. The van der Waals surface area contributed by atoms with Crippen molar-refractivity contribution < 1.29 is 33.3 Å². The molecule has 11 heteroatoms. The van der Waals surface area contributed by atoms with Crippen LogP contribution in [0.2, 0.25) is 0 Å². The molecule has 170 valence electrons. The molecule has 31 heavy (non-hydrogen) atoms. The summed E-state index contributed by atoms with van der Waals surface area (Å²) in [7, 11) is 2.99. The molecular formula is C20H27N3O7S. The molecule has 5 atom stereocenters. The molecule has 2 amide bonds. The number of hydrogen-bond acceptors (Lipinski definition) is 9. The molecule has 3 heterocycles. The summed E-state index contributed by atoms with van der Waals surface area (Å²) in [5.74, 6) is -2.14. The number of rotatable bonds is 5. The summed E-state index contributed by atoms with van der Waals surface area (Å²) in [4.78, 5) is 26.9. The molecule has 2 saturated heterocycles. The zero-order valence-electron chi connectivity index (χ0n) is 17.9. The Bertz CT molecular complexity index is 886. The van der Waals surface area contributed by atoms with Crippen LogP contribution in [-0.4, -0.2) is 74.9 Å². The molecule has 3 aliphatic heterocycles. The topological polar surface area (TPSA) is 122 Å². The van der Waals surface area contributed by atoms with E-state index in [0.29, 0.717) is 17.1 Å². The standard InChI is InChI=1S/C20H27N3O7S/c1-19(26-3)20(2,27-4)30-17(13(8-21)29-19)14-9-23(18(25)28-14)11-5-6-15-12(7-11)22-16(24)10-31-15/h5-7,13-14,17H,8-10,21H2,1-4H3,(H,22,24)/t13-,14?,17+,19+,20+/m0/s1. The summed E-state index contributed by atoms with van der Waals surface area (Å²) in [6.45, 7) is 3.78. The van der Waals surface area contributed by atoms with Gasteiger partial charge in [0, 0.05) is 31.3 Å². The van der Waals surface area contributed by atoms with Gasteiger partial charge >= 0.3 is 6.09 Å². The van der Waals surface area contributed by atoms with E-state index in [0.717, 1.165) is 4.90 Å². The van der Waals surface area contributed by atoms with Gasteiger partial charge in [-0.05, 0) is 32.0 Å². The highest BCUT2D eigenvalue weighted by Gasteiger charge is 2.59. The molecule has 3 aliphatic rings. The second kappa shape index (κ2) is 8.23. The van der Waals surface area contributed by atoms with Crippen LogP contribution in [0.4, 0.5) is 16.2 Å². The molecule has 0 bridgehead atoms. The Morgan fingerprint density at radius 2 is 1.94 bits per heavy atom. The van der Waals surface area contributed by atoms with Crippen molar-refractivity contribution in [2.75, 3.05) is 43.3 Å². The van der Waals surface area contributed by atoms with Gasteiger partial charge in [0.25, 0.3) is 0 Å². The Kier molecular flexibility index (Phi) is 5.92. The van der Waals surface area contributed by atoms with E-state index in [1.54, 1.807) is 19.9 Å². The van der Waals surface area contributed by atoms with Gasteiger partial charge in [-0.15, -0.1) is 11.8 Å². The number of carbonyl (C=O) groups excluding carboxylic acids is 2. The lowest BCUT2D eigenvalue weighted by atomic mass is 10.00. The predicted molar refractivity (Wildman–Crippen MR) is 113 cm³/mol. The van der Waals surface area contributed by atoms with Gasteiger partial charge in [-0.2, -0.15) is 0 Å². The van der Waals surface area contributed by atoms with Crippen LogP contribution in [-0.2, 0) is 28.5 Å². The third-order valence-corrected chi connectivity index (χ3v) is 7.12. The van der Waals surface area contributed by atoms with Gasteiger partial charge in [-0.1, -0.05) is 0 Å². The Hall–Kier alpha value is -1.89. The van der Waals surface area contributed by atoms with E-state index in [-0.39, 0.29) is 19.0 Å². The molecule has 1 aromatic carbocycles. The summed E-state index contributed by atoms with van der Waals surface area (Å²) in [6.07, 6.45) is -2.40. The molecular weight excluding hydrogens is 426 g/mol. The summed E-state index contributed by atoms with van der Waals surface area (Å²) in [5, 5.41) is 2.83. The number of benzene rings is 1. The lowest BCUT2D eigenvalue weighted by Gasteiger charge is -2.52. The number of nitrogens with one attached hydrogen (secondary N) is 1. The van der Waals surface area contributed by atoms with E-state index in [4.69, 9.17) is 29.4 Å². The molecule has 0 spiro atoms. The average molecular weight is 454 g/mol. The maximum absolute atomic E-state index is 12.7. The summed E-state index contributed by atoms with van der Waals surface area (Å²) in [5.41, 5.74) is 7.23. The Balaban J connectivity index is 1.56. The Morgan fingerprint density at radius 3 is 2.61 bits per heavy atom. The van der Waals surface area contributed by atoms with Crippen molar-refractivity contribution in [2.24, 2.45) is 5.73 Å². The van der Waals surface area contributed by atoms with E-state index in [1.165, 1.54) is 30.9 Å². The van der Waals surface area contributed by atoms with Crippen molar-refractivity contribution in [1.29, 1.82) is 0 Å². The second-order valence-electron chi connectivity index (χ2n) is 7.82. The van der Waals surface area contributed by atoms with Gasteiger partial charge in [0.2, 0.25) is 17.5 Å². The van der Waals surface area contributed by atoms with Crippen LogP contribution in [0.1, 0.15) is 13.8 Å². The van der Waals surface area contributed by atoms with Gasteiger partial charge in [0.1, 0.15) is 12.2 Å². The number of cyclic esters (lactones) is 1. The minimum absolute atomic E-state index is 0.0740. The number of thioether (sulfide) groups is 1. The molecule has 0 radical (unpaired) electrons. The molecule has 10 nitrogen and oxygen atoms in total. The maximum atomic E-state index is 12.7. The lowest BCUT2D eigenvalue weighted by Crippen LogP contribution is -2.68. The number of amides is 2. The predicted octanol–water partition coefficient (Wildman–Crippen LogP) is 1.52. The van der Waals surface area contributed by atoms with E-state index >= 15 is 0 Å². The fraction of sp³-hybridized carbons (Fsp3) is 0.600. The van der Waals surface area contributed by atoms with Crippen LogP contribution >= 0.6 is 11.8 Å². The monoisotopic (exact) mass is 453 g/mol. The van der Waals surface area contributed by atoms with Crippen LogP contribution in [0.3, 0.4) is 0 Å². The number of anilines is 2. The molecule has 3 N–H and O–H groups in total. The summed E-state index contributed by atoms with van der Waals surface area (Å²) >= 11 is 1.46. The van der Waals surface area contributed by atoms with Crippen LogP contribution in [0, 0.1) is 0 Å². The highest BCUT2D eigenvalue weighted by Crippen LogP contribution is 2.42. The first kappa shape index (κ1) is 22.3. The molecule has 1 aromatic rings. The summed E-state index contributed by atoms with van der Waals surface area (Å²) < 4.78 is 29.1. The molecule has 0 saturated carbocycles. The SMILES string of the molecule is CO[C@]1(C)O[C@@H](CN)[C@H](C2CN(c3ccc4c(c3)NC(=O)CS4)C(=O)O2)O[C@@]1(C)OC. The number of hydrogen-bond donors (Lipinski definition) is 2. The first-order valence-corrected chi connectivity index (χ1v) is 10.9. The number of nitrogens with two attached hydrogens (primary N) is 1. The number of fused-ring (bicyclic) bond motifs is 1. The fourth-order valence-electron chi connectivity index (χ4n) is 3.98. The zero-order chi connectivity index (χ0) is 22.4. The normalized spacial score (nSPS) is 35.5. The van der Waals surface area contributed by atoms with Crippen LogP contribution in [0.15, 0.2) is 23.1 Å². The van der Waals surface area contributed by atoms with Crippen molar-refractivity contribution >= 4 is 35.1 Å². The third kappa shape index (κ3) is 3.79. The van der Waals surface area contributed by atoms with Crippen LogP contribution in [0.25, 0.3) is 0 Å². The van der Waals surface area contributed by atoms with E-state index < -0.39 is 36.0 Å².